The van der Waals surface area contributed by atoms with Crippen molar-refractivity contribution in [3.8, 4) is 0 Å². The van der Waals surface area contributed by atoms with E-state index in [1.54, 1.807) is 0 Å². The van der Waals surface area contributed by atoms with E-state index in [1.807, 2.05) is 18.7 Å². The fourth-order valence-electron chi connectivity index (χ4n) is 4.40. The van der Waals surface area contributed by atoms with E-state index < -0.39 is 0 Å². The number of morpholine rings is 1. The molecule has 2 fully saturated rings. The molecule has 7 heteroatoms. The van der Waals surface area contributed by atoms with Gasteiger partial charge in [-0.3, -0.25) is 9.58 Å². The summed E-state index contributed by atoms with van der Waals surface area (Å²) in [5.41, 5.74) is 2.48. The monoisotopic (exact) mass is 358 g/mol. The Morgan fingerprint density at radius 2 is 2.12 bits per heavy atom. The standard InChI is InChI=1S/C19H30N6O/c1-23-9-10-26-18(19(23)17-12-21-14-24(17)2)13-20-11-16-7-8-22-25(16)15-5-3-4-6-15/h7-8,12,14-15,18-20H,3-6,9-11,13H2,1-2H3/t18-,19-/m0/s1. The number of hydrogen-bond acceptors (Lipinski definition) is 5. The lowest BCUT2D eigenvalue weighted by Crippen LogP contribution is -2.48. The van der Waals surface area contributed by atoms with E-state index in [4.69, 9.17) is 4.74 Å². The van der Waals surface area contributed by atoms with E-state index in [1.165, 1.54) is 37.1 Å². The predicted molar refractivity (Wildman–Crippen MR) is 99.8 cm³/mol. The topological polar surface area (TPSA) is 60.1 Å². The van der Waals surface area contributed by atoms with Gasteiger partial charge in [0.15, 0.2) is 0 Å². The Morgan fingerprint density at radius 1 is 1.27 bits per heavy atom. The molecule has 0 spiro atoms. The molecular formula is C19H30N6O. The minimum Gasteiger partial charge on any atom is -0.374 e. The average molecular weight is 358 g/mol. The van der Waals surface area contributed by atoms with Gasteiger partial charge in [0.25, 0.3) is 0 Å². The van der Waals surface area contributed by atoms with E-state index in [-0.39, 0.29) is 12.1 Å². The van der Waals surface area contributed by atoms with Crippen LogP contribution in [0, 0.1) is 0 Å². The molecule has 1 aliphatic carbocycles. The molecule has 26 heavy (non-hydrogen) atoms. The van der Waals surface area contributed by atoms with Gasteiger partial charge in [0.1, 0.15) is 0 Å². The third kappa shape index (κ3) is 3.56. The third-order valence-corrected chi connectivity index (χ3v) is 5.83. The van der Waals surface area contributed by atoms with Gasteiger partial charge in [-0.25, -0.2) is 4.98 Å². The summed E-state index contributed by atoms with van der Waals surface area (Å²) in [6, 6.07) is 2.95. The lowest BCUT2D eigenvalue weighted by Gasteiger charge is -2.39. The van der Waals surface area contributed by atoms with Gasteiger partial charge in [-0.05, 0) is 26.0 Å². The summed E-state index contributed by atoms with van der Waals surface area (Å²) in [4.78, 5) is 6.66. The van der Waals surface area contributed by atoms with Crippen molar-refractivity contribution in [2.24, 2.45) is 7.05 Å². The molecule has 4 rings (SSSR count). The molecule has 1 saturated heterocycles. The van der Waals surface area contributed by atoms with Crippen LogP contribution in [0.3, 0.4) is 0 Å². The molecule has 0 bridgehead atoms. The first-order valence-corrected chi connectivity index (χ1v) is 9.75. The highest BCUT2D eigenvalue weighted by Crippen LogP contribution is 2.30. The Labute approximate surface area is 155 Å². The first-order valence-electron chi connectivity index (χ1n) is 9.75. The van der Waals surface area contributed by atoms with Crippen LogP contribution in [0.5, 0.6) is 0 Å². The molecule has 2 aromatic rings. The normalized spacial score (nSPS) is 25.2. The van der Waals surface area contributed by atoms with Crippen molar-refractivity contribution >= 4 is 0 Å². The van der Waals surface area contributed by atoms with Gasteiger partial charge >= 0.3 is 0 Å². The van der Waals surface area contributed by atoms with Crippen molar-refractivity contribution in [2.75, 3.05) is 26.7 Å². The van der Waals surface area contributed by atoms with Gasteiger partial charge < -0.3 is 14.6 Å². The maximum absolute atomic E-state index is 6.12. The Morgan fingerprint density at radius 3 is 2.88 bits per heavy atom. The quantitative estimate of drug-likeness (QED) is 0.855. The second-order valence-electron chi connectivity index (χ2n) is 7.60. The van der Waals surface area contributed by atoms with Crippen LogP contribution in [0.4, 0.5) is 0 Å². The van der Waals surface area contributed by atoms with Crippen LogP contribution in [0.25, 0.3) is 0 Å². The van der Waals surface area contributed by atoms with Crippen LogP contribution < -0.4 is 5.32 Å². The number of aryl methyl sites for hydroxylation is 1. The Hall–Kier alpha value is -1.70. The zero-order chi connectivity index (χ0) is 17.9. The van der Waals surface area contributed by atoms with E-state index in [2.05, 4.69) is 49.7 Å². The first-order chi connectivity index (χ1) is 12.7. The van der Waals surface area contributed by atoms with Gasteiger partial charge in [-0.15, -0.1) is 0 Å². The molecule has 0 amide bonds. The van der Waals surface area contributed by atoms with Crippen molar-refractivity contribution in [2.45, 2.75) is 50.4 Å². The second kappa shape index (κ2) is 7.90. The number of hydrogen-bond donors (Lipinski definition) is 1. The van der Waals surface area contributed by atoms with Crippen LogP contribution >= 0.6 is 0 Å². The molecule has 2 aromatic heterocycles. The summed E-state index contributed by atoms with van der Waals surface area (Å²) in [7, 11) is 4.22. The smallest absolute Gasteiger partial charge is 0.0946 e. The van der Waals surface area contributed by atoms with Crippen LogP contribution in [0.15, 0.2) is 24.8 Å². The van der Waals surface area contributed by atoms with Crippen molar-refractivity contribution in [1.82, 2.24) is 29.5 Å². The number of nitrogens with zero attached hydrogens (tertiary/aromatic N) is 5. The van der Waals surface area contributed by atoms with Gasteiger partial charge in [0.05, 0.1) is 42.5 Å². The molecule has 1 N–H and O–H groups in total. The minimum atomic E-state index is 0.118. The van der Waals surface area contributed by atoms with E-state index in [9.17, 15) is 0 Å². The average Bonchev–Trinajstić information content (AvgIpc) is 3.36. The SMILES string of the molecule is CN1CCO[C@@H](CNCc2ccnn2C2CCCC2)[C@@H]1c1cncn1C. The molecule has 1 aliphatic heterocycles. The van der Waals surface area contributed by atoms with Crippen LogP contribution in [0.1, 0.15) is 49.2 Å². The molecule has 2 aliphatic rings. The number of imidazole rings is 1. The molecule has 0 unspecified atom stereocenters. The zero-order valence-electron chi connectivity index (χ0n) is 15.8. The highest BCUT2D eigenvalue weighted by Gasteiger charge is 2.33. The molecule has 7 nitrogen and oxygen atoms in total. The van der Waals surface area contributed by atoms with Crippen LogP contribution in [-0.2, 0) is 18.3 Å². The van der Waals surface area contributed by atoms with Crippen molar-refractivity contribution in [3.05, 3.63) is 36.2 Å². The van der Waals surface area contributed by atoms with E-state index in [0.717, 1.165) is 26.2 Å². The molecule has 0 radical (unpaired) electrons. The van der Waals surface area contributed by atoms with Crippen LogP contribution in [-0.4, -0.2) is 57.1 Å². The minimum absolute atomic E-state index is 0.118. The summed E-state index contributed by atoms with van der Waals surface area (Å²) in [5, 5.41) is 8.18. The Bertz CT molecular complexity index is 704. The van der Waals surface area contributed by atoms with Crippen molar-refractivity contribution in [3.63, 3.8) is 0 Å². The molecule has 2 atom stereocenters. The van der Waals surface area contributed by atoms with Gasteiger partial charge in [0, 0.05) is 39.1 Å². The van der Waals surface area contributed by atoms with Crippen molar-refractivity contribution in [1.29, 1.82) is 0 Å². The fraction of sp³-hybridized carbons (Fsp3) is 0.684. The van der Waals surface area contributed by atoms with Crippen LogP contribution in [0.2, 0.25) is 0 Å². The number of aromatic nitrogens is 4. The molecule has 3 heterocycles. The summed E-state index contributed by atoms with van der Waals surface area (Å²) < 4.78 is 10.4. The summed E-state index contributed by atoms with van der Waals surface area (Å²) >= 11 is 0. The highest BCUT2D eigenvalue weighted by atomic mass is 16.5. The summed E-state index contributed by atoms with van der Waals surface area (Å²) in [6.45, 7) is 3.37. The first kappa shape index (κ1) is 17.7. The zero-order valence-corrected chi connectivity index (χ0v) is 15.8. The van der Waals surface area contributed by atoms with Gasteiger partial charge in [0.2, 0.25) is 0 Å². The van der Waals surface area contributed by atoms with Gasteiger partial charge in [-0.2, -0.15) is 5.10 Å². The van der Waals surface area contributed by atoms with Gasteiger partial charge in [-0.1, -0.05) is 12.8 Å². The number of rotatable bonds is 6. The second-order valence-corrected chi connectivity index (χ2v) is 7.60. The maximum Gasteiger partial charge on any atom is 0.0946 e. The van der Waals surface area contributed by atoms with E-state index in [0.29, 0.717) is 6.04 Å². The summed E-state index contributed by atoms with van der Waals surface area (Å²) in [5.74, 6) is 0. The summed E-state index contributed by atoms with van der Waals surface area (Å²) in [6.07, 6.45) is 11.0. The lowest BCUT2D eigenvalue weighted by atomic mass is 10.0. The van der Waals surface area contributed by atoms with Crippen molar-refractivity contribution < 1.29 is 4.74 Å². The maximum atomic E-state index is 6.12. The number of ether oxygens (including phenoxy) is 1. The molecule has 1 saturated carbocycles. The molecule has 142 valence electrons. The lowest BCUT2D eigenvalue weighted by molar-refractivity contribution is -0.0636. The fourth-order valence-corrected chi connectivity index (χ4v) is 4.40. The number of nitrogens with one attached hydrogen (secondary N) is 1. The largest absolute Gasteiger partial charge is 0.374 e. The molecule has 0 aromatic carbocycles. The third-order valence-electron chi connectivity index (χ3n) is 5.83. The molecular weight excluding hydrogens is 328 g/mol. The number of likely N-dealkylation sites (N-methyl/N-ethyl adjacent to an activating group) is 1. The highest BCUT2D eigenvalue weighted by molar-refractivity contribution is 5.09. The predicted octanol–water partition coefficient (Wildman–Crippen LogP) is 1.89. The Kier molecular flexibility index (Phi) is 5.38. The van der Waals surface area contributed by atoms with E-state index >= 15 is 0 Å². The Balaban J connectivity index is 1.39.